The fraction of sp³-hybridized carbons (Fsp3) is 0.769. The predicted molar refractivity (Wildman–Crippen MR) is 60.9 cm³/mol. The minimum absolute atomic E-state index is 0.337. The maximum atomic E-state index is 11.9. The zero-order valence-electron chi connectivity index (χ0n) is 9.65. The van der Waals surface area contributed by atoms with Gasteiger partial charge in [-0.15, -0.1) is 0 Å². The first kappa shape index (κ1) is 10.3. The number of nitrogens with zero attached hydrogens (tertiary/aromatic N) is 1. The second kappa shape index (κ2) is 4.21. The normalized spacial score (nSPS) is 34.9. The van der Waals surface area contributed by atoms with Crippen molar-refractivity contribution in [2.24, 2.45) is 11.8 Å². The summed E-state index contributed by atoms with van der Waals surface area (Å²) in [5, 5.41) is 0. The summed E-state index contributed by atoms with van der Waals surface area (Å²) in [7, 11) is 0. The summed E-state index contributed by atoms with van der Waals surface area (Å²) >= 11 is 0. The molecule has 2 unspecified atom stereocenters. The van der Waals surface area contributed by atoms with Crippen molar-refractivity contribution in [3.63, 3.8) is 0 Å². The van der Waals surface area contributed by atoms with Crippen LogP contribution in [0.2, 0.25) is 0 Å². The van der Waals surface area contributed by atoms with Crippen LogP contribution in [-0.2, 0) is 9.53 Å². The van der Waals surface area contributed by atoms with Crippen molar-refractivity contribution in [3.05, 3.63) is 11.8 Å². The van der Waals surface area contributed by atoms with Crippen LogP contribution in [-0.4, -0.2) is 37.0 Å². The van der Waals surface area contributed by atoms with Crippen LogP contribution < -0.4 is 0 Å². The molecule has 3 aliphatic rings. The molecule has 2 atom stereocenters. The van der Waals surface area contributed by atoms with Gasteiger partial charge in [-0.3, -0.25) is 4.79 Å². The standard InChI is InChI=1S/C13H19NO2/c15-13-9-12(14-4-6-16-7-5-14)10-2-1-3-11(13)8-10/h9-11H,1-8H2. The van der Waals surface area contributed by atoms with Crippen molar-refractivity contribution < 1.29 is 9.53 Å². The highest BCUT2D eigenvalue weighted by atomic mass is 16.5. The van der Waals surface area contributed by atoms with Gasteiger partial charge >= 0.3 is 0 Å². The van der Waals surface area contributed by atoms with Crippen molar-refractivity contribution in [2.75, 3.05) is 26.3 Å². The van der Waals surface area contributed by atoms with Crippen LogP contribution in [0.25, 0.3) is 0 Å². The largest absolute Gasteiger partial charge is 0.378 e. The molecule has 16 heavy (non-hydrogen) atoms. The van der Waals surface area contributed by atoms with Crippen LogP contribution in [0.1, 0.15) is 25.7 Å². The molecule has 0 aromatic carbocycles. The van der Waals surface area contributed by atoms with Gasteiger partial charge in [-0.05, 0) is 25.2 Å². The molecule has 3 nitrogen and oxygen atoms in total. The second-order valence-corrected chi connectivity index (χ2v) is 5.13. The van der Waals surface area contributed by atoms with Crippen LogP contribution in [0.3, 0.4) is 0 Å². The Hall–Kier alpha value is -0.830. The van der Waals surface area contributed by atoms with E-state index in [4.69, 9.17) is 4.74 Å². The molecule has 2 aliphatic carbocycles. The summed E-state index contributed by atoms with van der Waals surface area (Å²) in [5.74, 6) is 1.36. The van der Waals surface area contributed by atoms with E-state index in [1.807, 2.05) is 6.08 Å². The summed E-state index contributed by atoms with van der Waals surface area (Å²) in [4.78, 5) is 14.3. The number of morpholine rings is 1. The Balaban J connectivity index is 1.81. The molecule has 2 fully saturated rings. The predicted octanol–water partition coefficient (Wildman–Crippen LogP) is 1.59. The van der Waals surface area contributed by atoms with Crippen molar-refractivity contribution in [3.8, 4) is 0 Å². The van der Waals surface area contributed by atoms with Crippen molar-refractivity contribution in [2.45, 2.75) is 25.7 Å². The van der Waals surface area contributed by atoms with Gasteiger partial charge < -0.3 is 9.64 Å². The van der Waals surface area contributed by atoms with Gasteiger partial charge in [0.05, 0.1) is 13.2 Å². The molecule has 0 aromatic heterocycles. The average Bonchev–Trinajstić information content (AvgIpc) is 2.36. The number of hydrogen-bond acceptors (Lipinski definition) is 3. The number of fused-ring (bicyclic) bond motifs is 2. The zero-order chi connectivity index (χ0) is 11.0. The third-order valence-corrected chi connectivity index (χ3v) is 4.16. The van der Waals surface area contributed by atoms with Crippen LogP contribution in [0.4, 0.5) is 0 Å². The highest BCUT2D eigenvalue weighted by Gasteiger charge is 2.35. The third kappa shape index (κ3) is 1.77. The Morgan fingerprint density at radius 1 is 1.19 bits per heavy atom. The van der Waals surface area contributed by atoms with E-state index in [0.717, 1.165) is 39.1 Å². The molecule has 1 heterocycles. The lowest BCUT2D eigenvalue weighted by Crippen LogP contribution is -2.41. The van der Waals surface area contributed by atoms with Crippen LogP contribution in [0, 0.1) is 11.8 Å². The highest BCUT2D eigenvalue weighted by Crippen LogP contribution is 2.39. The van der Waals surface area contributed by atoms with Crippen molar-refractivity contribution in [1.29, 1.82) is 0 Å². The molecular formula is C13H19NO2. The first-order chi connectivity index (χ1) is 7.84. The Bertz CT molecular complexity index is 318. The lowest BCUT2D eigenvalue weighted by atomic mass is 9.73. The number of carbonyl (C=O) groups excluding carboxylic acids is 1. The van der Waals surface area contributed by atoms with Crippen molar-refractivity contribution in [1.82, 2.24) is 4.90 Å². The molecule has 0 N–H and O–H groups in total. The molecule has 1 saturated heterocycles. The maximum absolute atomic E-state index is 11.9. The van der Waals surface area contributed by atoms with Crippen molar-refractivity contribution >= 4 is 5.78 Å². The lowest BCUT2D eigenvalue weighted by Gasteiger charge is -2.40. The van der Waals surface area contributed by atoms with Gasteiger partial charge in [0.25, 0.3) is 0 Å². The van der Waals surface area contributed by atoms with E-state index >= 15 is 0 Å². The molecule has 0 radical (unpaired) electrons. The summed E-state index contributed by atoms with van der Waals surface area (Å²) in [6.45, 7) is 3.53. The van der Waals surface area contributed by atoms with E-state index < -0.39 is 0 Å². The number of ketones is 1. The third-order valence-electron chi connectivity index (χ3n) is 4.16. The number of ether oxygens (including phenoxy) is 1. The summed E-state index contributed by atoms with van der Waals surface area (Å²) in [6, 6.07) is 0. The monoisotopic (exact) mass is 221 g/mol. The Labute approximate surface area is 96.4 Å². The minimum atomic E-state index is 0.337. The van der Waals surface area contributed by atoms with Gasteiger partial charge in [0.2, 0.25) is 0 Å². The van der Waals surface area contributed by atoms with Gasteiger partial charge in [-0.2, -0.15) is 0 Å². The van der Waals surface area contributed by atoms with E-state index in [9.17, 15) is 4.79 Å². The fourth-order valence-corrected chi connectivity index (χ4v) is 3.27. The summed E-state index contributed by atoms with van der Waals surface area (Å²) in [6.07, 6.45) is 6.64. The quantitative estimate of drug-likeness (QED) is 0.673. The van der Waals surface area contributed by atoms with Gasteiger partial charge in [-0.25, -0.2) is 0 Å². The van der Waals surface area contributed by atoms with Crippen LogP contribution >= 0.6 is 0 Å². The molecule has 3 rings (SSSR count). The Morgan fingerprint density at radius 3 is 2.75 bits per heavy atom. The SMILES string of the molecule is O=C1C=C(N2CCOCC2)C2CCCC1C2. The maximum Gasteiger partial charge on any atom is 0.160 e. The van der Waals surface area contributed by atoms with Gasteiger partial charge in [0.1, 0.15) is 0 Å². The molecular weight excluding hydrogens is 202 g/mol. The van der Waals surface area contributed by atoms with Gasteiger partial charge in [-0.1, -0.05) is 6.42 Å². The first-order valence-corrected chi connectivity index (χ1v) is 6.43. The summed E-state index contributed by atoms with van der Waals surface area (Å²) < 4.78 is 5.37. The molecule has 0 aromatic rings. The average molecular weight is 221 g/mol. The molecule has 1 aliphatic heterocycles. The molecule has 1 saturated carbocycles. The molecule has 2 bridgehead atoms. The molecule has 0 spiro atoms. The van der Waals surface area contributed by atoms with Gasteiger partial charge in [0.15, 0.2) is 5.78 Å². The van der Waals surface area contributed by atoms with E-state index in [-0.39, 0.29) is 0 Å². The second-order valence-electron chi connectivity index (χ2n) is 5.13. The van der Waals surface area contributed by atoms with E-state index in [1.165, 1.54) is 18.5 Å². The van der Waals surface area contributed by atoms with Gasteiger partial charge in [0, 0.05) is 30.8 Å². The molecule has 0 amide bonds. The van der Waals surface area contributed by atoms with E-state index in [1.54, 1.807) is 0 Å². The summed E-state index contributed by atoms with van der Waals surface area (Å²) in [5.41, 5.74) is 1.31. The number of allylic oxidation sites excluding steroid dienone is 2. The lowest BCUT2D eigenvalue weighted by molar-refractivity contribution is -0.120. The molecule has 3 heteroatoms. The zero-order valence-corrected chi connectivity index (χ0v) is 9.65. The van der Waals surface area contributed by atoms with Crippen LogP contribution in [0.5, 0.6) is 0 Å². The smallest absolute Gasteiger partial charge is 0.160 e. The number of hydrogen-bond donors (Lipinski definition) is 0. The Morgan fingerprint density at radius 2 is 1.94 bits per heavy atom. The van der Waals surface area contributed by atoms with E-state index in [2.05, 4.69) is 4.90 Å². The Kier molecular flexibility index (Phi) is 2.72. The number of carbonyl (C=O) groups is 1. The number of rotatable bonds is 1. The minimum Gasteiger partial charge on any atom is -0.378 e. The van der Waals surface area contributed by atoms with Crippen LogP contribution in [0.15, 0.2) is 11.8 Å². The fourth-order valence-electron chi connectivity index (χ4n) is 3.27. The topological polar surface area (TPSA) is 29.5 Å². The molecule has 88 valence electrons. The first-order valence-electron chi connectivity index (χ1n) is 6.43. The highest BCUT2D eigenvalue weighted by molar-refractivity contribution is 5.93. The van der Waals surface area contributed by atoms with E-state index in [0.29, 0.717) is 17.6 Å².